The number of urea groups is 1. The topological polar surface area (TPSA) is 50.4 Å². The minimum atomic E-state index is -0.147. The summed E-state index contributed by atoms with van der Waals surface area (Å²) < 4.78 is 5.74. The maximum atomic E-state index is 11.6. The largest absolute Gasteiger partial charge is 0.372 e. The van der Waals surface area contributed by atoms with Gasteiger partial charge in [-0.2, -0.15) is 0 Å². The molecule has 122 valence electrons. The molecular formula is C19H24N2O2. The summed E-state index contributed by atoms with van der Waals surface area (Å²) in [6.07, 6.45) is 0. The summed E-state index contributed by atoms with van der Waals surface area (Å²) in [5.41, 5.74) is 3.32. The van der Waals surface area contributed by atoms with Gasteiger partial charge in [0.2, 0.25) is 0 Å². The van der Waals surface area contributed by atoms with Crippen LogP contribution in [-0.2, 0) is 24.5 Å². The quantitative estimate of drug-likeness (QED) is 0.820. The van der Waals surface area contributed by atoms with E-state index < -0.39 is 0 Å². The van der Waals surface area contributed by atoms with Crippen molar-refractivity contribution in [3.63, 3.8) is 0 Å². The van der Waals surface area contributed by atoms with E-state index in [1.807, 2.05) is 62.4 Å². The van der Waals surface area contributed by atoms with Crippen LogP contribution < -0.4 is 10.6 Å². The first-order chi connectivity index (χ1) is 11.1. The number of nitrogens with one attached hydrogen (secondary N) is 2. The zero-order chi connectivity index (χ0) is 16.5. The number of rotatable bonds is 7. The molecule has 0 spiro atoms. The highest BCUT2D eigenvalue weighted by Crippen LogP contribution is 2.09. The SMILES string of the molecule is CC(C)NC(=O)NCc1cccc(COCc2ccccc2)c1. The van der Waals surface area contributed by atoms with Crippen molar-refractivity contribution in [3.05, 3.63) is 71.3 Å². The molecule has 0 fully saturated rings. The van der Waals surface area contributed by atoms with Crippen LogP contribution in [0.25, 0.3) is 0 Å². The lowest BCUT2D eigenvalue weighted by Crippen LogP contribution is -2.39. The molecule has 2 N–H and O–H groups in total. The van der Waals surface area contributed by atoms with Gasteiger partial charge < -0.3 is 15.4 Å². The third kappa shape index (κ3) is 6.53. The van der Waals surface area contributed by atoms with Gasteiger partial charge in [-0.05, 0) is 30.5 Å². The Hall–Kier alpha value is -2.33. The van der Waals surface area contributed by atoms with Crippen LogP contribution in [0.5, 0.6) is 0 Å². The van der Waals surface area contributed by atoms with Gasteiger partial charge in [-0.1, -0.05) is 54.6 Å². The third-order valence-corrected chi connectivity index (χ3v) is 3.24. The number of ether oxygens (including phenoxy) is 1. The van der Waals surface area contributed by atoms with Gasteiger partial charge in [-0.15, -0.1) is 0 Å². The molecule has 0 atom stereocenters. The molecule has 0 unspecified atom stereocenters. The molecule has 0 radical (unpaired) electrons. The molecule has 2 aromatic carbocycles. The van der Waals surface area contributed by atoms with Gasteiger partial charge in [0.25, 0.3) is 0 Å². The van der Waals surface area contributed by atoms with Gasteiger partial charge in [0, 0.05) is 12.6 Å². The molecule has 0 heterocycles. The Morgan fingerprint density at radius 3 is 2.35 bits per heavy atom. The fourth-order valence-electron chi connectivity index (χ4n) is 2.19. The van der Waals surface area contributed by atoms with Crippen molar-refractivity contribution in [2.24, 2.45) is 0 Å². The lowest BCUT2D eigenvalue weighted by atomic mass is 10.1. The highest BCUT2D eigenvalue weighted by molar-refractivity contribution is 5.74. The van der Waals surface area contributed by atoms with Crippen LogP contribution in [0.15, 0.2) is 54.6 Å². The summed E-state index contributed by atoms with van der Waals surface area (Å²) in [4.78, 5) is 11.6. The van der Waals surface area contributed by atoms with Gasteiger partial charge in [0.15, 0.2) is 0 Å². The molecule has 4 heteroatoms. The van der Waals surface area contributed by atoms with Gasteiger partial charge in [0.1, 0.15) is 0 Å². The molecule has 0 aromatic heterocycles. The molecule has 0 bridgehead atoms. The predicted octanol–water partition coefficient (Wildman–Crippen LogP) is 3.61. The smallest absolute Gasteiger partial charge is 0.315 e. The maximum Gasteiger partial charge on any atom is 0.315 e. The summed E-state index contributed by atoms with van der Waals surface area (Å²) in [7, 11) is 0. The van der Waals surface area contributed by atoms with E-state index in [0.717, 1.165) is 16.7 Å². The van der Waals surface area contributed by atoms with Crippen molar-refractivity contribution in [2.45, 2.75) is 39.6 Å². The standard InChI is InChI=1S/C19H24N2O2/c1-15(2)21-19(22)20-12-17-9-6-10-18(11-17)14-23-13-16-7-4-3-5-8-16/h3-11,15H,12-14H2,1-2H3,(H2,20,21,22). The van der Waals surface area contributed by atoms with Crippen molar-refractivity contribution in [2.75, 3.05) is 0 Å². The first-order valence-corrected chi connectivity index (χ1v) is 7.87. The Kier molecular flexibility index (Phi) is 6.63. The number of carbonyl (C=O) groups is 1. The Morgan fingerprint density at radius 2 is 1.61 bits per heavy atom. The van der Waals surface area contributed by atoms with E-state index in [1.165, 1.54) is 0 Å². The van der Waals surface area contributed by atoms with Gasteiger partial charge in [-0.3, -0.25) is 0 Å². The number of hydrogen-bond acceptors (Lipinski definition) is 2. The van der Waals surface area contributed by atoms with E-state index in [-0.39, 0.29) is 12.1 Å². The second-order valence-corrected chi connectivity index (χ2v) is 5.78. The van der Waals surface area contributed by atoms with Crippen molar-refractivity contribution >= 4 is 6.03 Å². The van der Waals surface area contributed by atoms with Crippen molar-refractivity contribution in [1.82, 2.24) is 10.6 Å². The second kappa shape index (κ2) is 8.96. The number of hydrogen-bond donors (Lipinski definition) is 2. The molecule has 0 saturated heterocycles. The molecular weight excluding hydrogens is 288 g/mol. The Labute approximate surface area is 137 Å². The Bertz CT molecular complexity index is 612. The molecule has 0 aliphatic rings. The molecule has 0 aliphatic carbocycles. The lowest BCUT2D eigenvalue weighted by Gasteiger charge is -2.11. The highest BCUT2D eigenvalue weighted by Gasteiger charge is 2.03. The normalized spacial score (nSPS) is 10.6. The number of benzene rings is 2. The molecule has 4 nitrogen and oxygen atoms in total. The van der Waals surface area contributed by atoms with E-state index in [1.54, 1.807) is 0 Å². The lowest BCUT2D eigenvalue weighted by molar-refractivity contribution is 0.107. The predicted molar refractivity (Wildman–Crippen MR) is 91.9 cm³/mol. The fraction of sp³-hybridized carbons (Fsp3) is 0.316. The van der Waals surface area contributed by atoms with Crippen LogP contribution in [0, 0.1) is 0 Å². The average Bonchev–Trinajstić information content (AvgIpc) is 2.54. The minimum Gasteiger partial charge on any atom is -0.372 e. The summed E-state index contributed by atoms with van der Waals surface area (Å²) in [6.45, 7) is 5.53. The fourth-order valence-corrected chi connectivity index (χ4v) is 2.19. The highest BCUT2D eigenvalue weighted by atomic mass is 16.5. The van der Waals surface area contributed by atoms with Crippen LogP contribution in [0.3, 0.4) is 0 Å². The van der Waals surface area contributed by atoms with Crippen LogP contribution in [-0.4, -0.2) is 12.1 Å². The zero-order valence-electron chi connectivity index (χ0n) is 13.7. The monoisotopic (exact) mass is 312 g/mol. The number of carbonyl (C=O) groups excluding carboxylic acids is 1. The van der Waals surface area contributed by atoms with Crippen LogP contribution in [0.2, 0.25) is 0 Å². The van der Waals surface area contributed by atoms with Crippen LogP contribution in [0.1, 0.15) is 30.5 Å². The molecule has 2 aromatic rings. The maximum absolute atomic E-state index is 11.6. The van der Waals surface area contributed by atoms with Crippen LogP contribution >= 0.6 is 0 Å². The van der Waals surface area contributed by atoms with Gasteiger partial charge in [0.05, 0.1) is 13.2 Å². The first-order valence-electron chi connectivity index (χ1n) is 7.87. The van der Waals surface area contributed by atoms with Gasteiger partial charge in [-0.25, -0.2) is 4.79 Å². The zero-order valence-corrected chi connectivity index (χ0v) is 13.7. The summed E-state index contributed by atoms with van der Waals surface area (Å²) in [5.74, 6) is 0. The third-order valence-electron chi connectivity index (χ3n) is 3.24. The molecule has 0 aliphatic heterocycles. The molecule has 23 heavy (non-hydrogen) atoms. The summed E-state index contributed by atoms with van der Waals surface area (Å²) >= 11 is 0. The number of amides is 2. The van der Waals surface area contributed by atoms with E-state index in [9.17, 15) is 4.79 Å². The molecule has 2 amide bonds. The molecule has 0 saturated carbocycles. The van der Waals surface area contributed by atoms with Crippen molar-refractivity contribution in [1.29, 1.82) is 0 Å². The van der Waals surface area contributed by atoms with E-state index >= 15 is 0 Å². The first kappa shape index (κ1) is 17.0. The second-order valence-electron chi connectivity index (χ2n) is 5.78. The summed E-state index contributed by atoms with van der Waals surface area (Å²) in [6, 6.07) is 18.2. The minimum absolute atomic E-state index is 0.132. The van der Waals surface area contributed by atoms with Crippen LogP contribution in [0.4, 0.5) is 4.79 Å². The van der Waals surface area contributed by atoms with Crippen molar-refractivity contribution in [3.8, 4) is 0 Å². The average molecular weight is 312 g/mol. The molecule has 2 rings (SSSR count). The van der Waals surface area contributed by atoms with E-state index in [2.05, 4.69) is 16.7 Å². The van der Waals surface area contributed by atoms with Gasteiger partial charge >= 0.3 is 6.03 Å². The summed E-state index contributed by atoms with van der Waals surface area (Å²) in [5, 5.41) is 5.65. The Morgan fingerprint density at radius 1 is 0.957 bits per heavy atom. The van der Waals surface area contributed by atoms with Crippen molar-refractivity contribution < 1.29 is 9.53 Å². The Balaban J connectivity index is 1.79. The van der Waals surface area contributed by atoms with E-state index in [0.29, 0.717) is 19.8 Å². The van der Waals surface area contributed by atoms with E-state index in [4.69, 9.17) is 4.74 Å².